The fourth-order valence-corrected chi connectivity index (χ4v) is 1.77. The van der Waals surface area contributed by atoms with Crippen molar-refractivity contribution in [3.63, 3.8) is 0 Å². The number of halogens is 2. The van der Waals surface area contributed by atoms with Crippen molar-refractivity contribution < 1.29 is 21.9 Å². The summed E-state index contributed by atoms with van der Waals surface area (Å²) in [6.07, 6.45) is 0.737. The van der Waals surface area contributed by atoms with E-state index in [2.05, 4.69) is 9.97 Å². The number of anilines is 1. The van der Waals surface area contributed by atoms with Crippen molar-refractivity contribution in [3.05, 3.63) is 47.7 Å². The van der Waals surface area contributed by atoms with Crippen molar-refractivity contribution in [2.24, 2.45) is 5.14 Å². The van der Waals surface area contributed by atoms with Crippen molar-refractivity contribution >= 4 is 16.0 Å². The highest BCUT2D eigenvalue weighted by Gasteiger charge is 2.12. The molecule has 0 fully saturated rings. The predicted octanol–water partition coefficient (Wildman–Crippen LogP) is 0.949. The van der Waals surface area contributed by atoms with E-state index in [4.69, 9.17) is 9.88 Å². The van der Waals surface area contributed by atoms with Gasteiger partial charge in [-0.1, -0.05) is 12.1 Å². The summed E-state index contributed by atoms with van der Waals surface area (Å²) in [6.45, 7) is 0.000722. The topological polar surface area (TPSA) is 107 Å². The van der Waals surface area contributed by atoms with Gasteiger partial charge in [0, 0.05) is 0 Å². The molecule has 0 aliphatic carbocycles. The molecule has 1 heterocycles. The number of rotatable bonds is 5. The summed E-state index contributed by atoms with van der Waals surface area (Å²) in [7, 11) is -4.17. The summed E-state index contributed by atoms with van der Waals surface area (Å²) in [5.41, 5.74) is 0.630. The molecule has 0 atom stereocenters. The fourth-order valence-electron chi connectivity index (χ4n) is 1.36. The van der Waals surface area contributed by atoms with Gasteiger partial charge in [0.05, 0.1) is 6.20 Å². The summed E-state index contributed by atoms with van der Waals surface area (Å²) >= 11 is 0. The zero-order valence-electron chi connectivity index (χ0n) is 10.5. The number of nitrogens with zero attached hydrogens (tertiary/aromatic N) is 2. The van der Waals surface area contributed by atoms with Crippen molar-refractivity contribution in [2.75, 3.05) is 4.72 Å². The maximum atomic E-state index is 13.3. The second kappa shape index (κ2) is 5.97. The molecule has 0 amide bonds. The predicted molar refractivity (Wildman–Crippen MR) is 69.5 cm³/mol. The van der Waals surface area contributed by atoms with Crippen LogP contribution in [0.3, 0.4) is 0 Å². The van der Waals surface area contributed by atoms with E-state index in [9.17, 15) is 17.2 Å². The molecule has 0 saturated carbocycles. The average Bonchev–Trinajstić information content (AvgIpc) is 2.40. The molecule has 0 bridgehead atoms. The van der Waals surface area contributed by atoms with Crippen LogP contribution in [0.2, 0.25) is 0 Å². The monoisotopic (exact) mass is 316 g/mol. The Morgan fingerprint density at radius 3 is 2.52 bits per heavy atom. The highest BCUT2D eigenvalue weighted by Crippen LogP contribution is 2.15. The number of benzene rings is 1. The Hall–Kier alpha value is -2.33. The summed E-state index contributed by atoms with van der Waals surface area (Å²) in [5, 5.41) is 4.72. The van der Waals surface area contributed by atoms with Crippen LogP contribution in [0.15, 0.2) is 30.5 Å². The van der Waals surface area contributed by atoms with Gasteiger partial charge in [0.1, 0.15) is 12.4 Å². The number of ether oxygens (including phenoxy) is 1. The molecule has 0 radical (unpaired) electrons. The molecule has 7 nitrogen and oxygen atoms in total. The van der Waals surface area contributed by atoms with E-state index in [-0.39, 0.29) is 12.6 Å². The summed E-state index contributed by atoms with van der Waals surface area (Å²) < 4.78 is 54.5. The lowest BCUT2D eigenvalue weighted by Crippen LogP contribution is -2.23. The number of nitrogens with two attached hydrogens (primary N) is 1. The molecule has 3 N–H and O–H groups in total. The Labute approximate surface area is 119 Å². The van der Waals surface area contributed by atoms with Crippen molar-refractivity contribution in [1.29, 1.82) is 0 Å². The molecular weight excluding hydrogens is 306 g/mol. The van der Waals surface area contributed by atoms with Crippen LogP contribution >= 0.6 is 0 Å². The Kier molecular flexibility index (Phi) is 4.29. The zero-order chi connectivity index (χ0) is 15.5. The van der Waals surface area contributed by atoms with Crippen LogP contribution in [-0.2, 0) is 16.8 Å². The first-order chi connectivity index (χ1) is 9.83. The second-order valence-electron chi connectivity index (χ2n) is 3.91. The molecule has 0 aliphatic heterocycles. The van der Waals surface area contributed by atoms with Crippen LogP contribution in [0.5, 0.6) is 6.01 Å². The van der Waals surface area contributed by atoms with Crippen LogP contribution in [-0.4, -0.2) is 18.4 Å². The molecule has 1 aromatic carbocycles. The minimum absolute atomic E-state index is 0.000722. The van der Waals surface area contributed by atoms with Crippen LogP contribution < -0.4 is 14.6 Å². The Balaban J connectivity index is 2.10. The van der Waals surface area contributed by atoms with Gasteiger partial charge >= 0.3 is 6.01 Å². The first-order valence-electron chi connectivity index (χ1n) is 5.54. The van der Waals surface area contributed by atoms with Crippen molar-refractivity contribution in [3.8, 4) is 6.01 Å². The smallest absolute Gasteiger partial charge is 0.318 e. The van der Waals surface area contributed by atoms with E-state index in [1.807, 2.05) is 0 Å². The molecule has 112 valence electrons. The van der Waals surface area contributed by atoms with Gasteiger partial charge in [-0.3, -0.25) is 4.72 Å². The van der Waals surface area contributed by atoms with Crippen LogP contribution in [0.1, 0.15) is 5.56 Å². The highest BCUT2D eigenvalue weighted by molar-refractivity contribution is 7.90. The number of hydrogen-bond donors (Lipinski definition) is 2. The summed E-state index contributed by atoms with van der Waals surface area (Å²) in [6, 6.07) is 5.22. The van der Waals surface area contributed by atoms with Crippen LogP contribution in [0, 0.1) is 11.6 Å². The molecular formula is C11H10F2N4O3S. The Morgan fingerprint density at radius 2 is 1.90 bits per heavy atom. The van der Waals surface area contributed by atoms with Gasteiger partial charge in [-0.05, 0) is 17.7 Å². The van der Waals surface area contributed by atoms with E-state index in [0.717, 1.165) is 6.20 Å². The maximum absolute atomic E-state index is 13.3. The Bertz CT molecular complexity index is 738. The summed E-state index contributed by atoms with van der Waals surface area (Å²) in [5.74, 6) is -2.02. The first-order valence-corrected chi connectivity index (χ1v) is 7.08. The molecule has 1 aromatic heterocycles. The van der Waals surface area contributed by atoms with E-state index < -0.39 is 27.7 Å². The number of hydrogen-bond acceptors (Lipinski definition) is 5. The normalized spacial score (nSPS) is 11.2. The van der Waals surface area contributed by atoms with Gasteiger partial charge in [-0.15, -0.1) is 0 Å². The lowest BCUT2D eigenvalue weighted by Gasteiger charge is -2.07. The average molecular weight is 316 g/mol. The third-order valence-corrected chi connectivity index (χ3v) is 2.72. The largest absolute Gasteiger partial charge is 0.459 e. The molecule has 0 saturated heterocycles. The van der Waals surface area contributed by atoms with Gasteiger partial charge in [-0.25, -0.2) is 18.9 Å². The second-order valence-corrected chi connectivity index (χ2v) is 5.21. The van der Waals surface area contributed by atoms with Gasteiger partial charge in [-0.2, -0.15) is 13.4 Å². The van der Waals surface area contributed by atoms with Gasteiger partial charge < -0.3 is 4.74 Å². The molecule has 0 spiro atoms. The first kappa shape index (κ1) is 15.1. The zero-order valence-corrected chi connectivity index (χ0v) is 11.3. The standard InChI is InChI=1S/C11H10F2N4O3S/c12-8-3-1-7(2-4-8)6-20-11-15-5-9(13)10(16-11)17-21(14,18)19/h1-5H,6H2,(H2,14,18,19)(H,15,16,17). The maximum Gasteiger partial charge on any atom is 0.318 e. The van der Waals surface area contributed by atoms with E-state index in [1.165, 1.54) is 24.3 Å². The van der Waals surface area contributed by atoms with Gasteiger partial charge in [0.15, 0.2) is 11.6 Å². The minimum Gasteiger partial charge on any atom is -0.459 e. The minimum atomic E-state index is -4.17. The van der Waals surface area contributed by atoms with Gasteiger partial charge in [0.2, 0.25) is 0 Å². The lowest BCUT2D eigenvalue weighted by atomic mass is 10.2. The highest BCUT2D eigenvalue weighted by atomic mass is 32.2. The lowest BCUT2D eigenvalue weighted by molar-refractivity contribution is 0.280. The van der Waals surface area contributed by atoms with E-state index in [0.29, 0.717) is 5.56 Å². The SMILES string of the molecule is NS(=O)(=O)Nc1nc(OCc2ccc(F)cc2)ncc1F. The Morgan fingerprint density at radius 1 is 1.24 bits per heavy atom. The van der Waals surface area contributed by atoms with E-state index >= 15 is 0 Å². The van der Waals surface area contributed by atoms with E-state index in [1.54, 1.807) is 4.72 Å². The van der Waals surface area contributed by atoms with Crippen molar-refractivity contribution in [1.82, 2.24) is 9.97 Å². The number of aromatic nitrogens is 2. The molecule has 10 heteroatoms. The van der Waals surface area contributed by atoms with Crippen molar-refractivity contribution in [2.45, 2.75) is 6.61 Å². The molecule has 2 rings (SSSR count). The third-order valence-electron chi connectivity index (χ3n) is 2.24. The molecule has 0 unspecified atom stereocenters. The molecule has 21 heavy (non-hydrogen) atoms. The van der Waals surface area contributed by atoms with Crippen LogP contribution in [0.4, 0.5) is 14.6 Å². The molecule has 0 aliphatic rings. The third kappa shape index (κ3) is 4.61. The van der Waals surface area contributed by atoms with Gasteiger partial charge in [0.25, 0.3) is 10.2 Å². The fraction of sp³-hybridized carbons (Fsp3) is 0.0909. The number of nitrogens with one attached hydrogen (secondary N) is 1. The quantitative estimate of drug-likeness (QED) is 0.854. The molecule has 2 aromatic rings. The summed E-state index contributed by atoms with van der Waals surface area (Å²) in [4.78, 5) is 7.08. The van der Waals surface area contributed by atoms with Crippen LogP contribution in [0.25, 0.3) is 0 Å².